The first-order valence-electron chi connectivity index (χ1n) is 4.30. The van der Waals surface area contributed by atoms with Crippen molar-refractivity contribution in [3.63, 3.8) is 0 Å². The van der Waals surface area contributed by atoms with Gasteiger partial charge in [0.05, 0.1) is 6.54 Å². The van der Waals surface area contributed by atoms with Crippen molar-refractivity contribution < 1.29 is 9.53 Å². The van der Waals surface area contributed by atoms with Gasteiger partial charge in [-0.15, -0.1) is 0 Å². The van der Waals surface area contributed by atoms with Gasteiger partial charge in [-0.2, -0.15) is 0 Å². The summed E-state index contributed by atoms with van der Waals surface area (Å²) >= 11 is 3.25. The molecular weight excluding hydrogens is 234 g/mol. The molecule has 1 heterocycles. The van der Waals surface area contributed by atoms with Crippen molar-refractivity contribution >= 4 is 21.8 Å². The van der Waals surface area contributed by atoms with E-state index in [4.69, 9.17) is 4.74 Å². The average Bonchev–Trinajstić information content (AvgIpc) is 2.08. The Morgan fingerprint density at radius 3 is 3.08 bits per heavy atom. The molecule has 1 atom stereocenters. The van der Waals surface area contributed by atoms with Crippen LogP contribution in [0.25, 0.3) is 0 Å². The lowest BCUT2D eigenvalue weighted by Crippen LogP contribution is -2.45. The highest BCUT2D eigenvalue weighted by Gasteiger charge is 2.27. The number of halogens is 1. The highest BCUT2D eigenvalue weighted by Crippen LogP contribution is 2.20. The minimum atomic E-state index is -0.0736. The molecule has 13 heavy (non-hydrogen) atoms. The number of carbonyl (C=O) groups is 1. The van der Waals surface area contributed by atoms with E-state index in [9.17, 15) is 4.79 Å². The fraction of sp³-hybridized carbons (Fsp3) is 0.667. The number of hydrogen-bond donors (Lipinski definition) is 0. The van der Waals surface area contributed by atoms with E-state index in [1.807, 2.05) is 0 Å². The Morgan fingerprint density at radius 1 is 1.85 bits per heavy atom. The minimum absolute atomic E-state index is 0.0736. The van der Waals surface area contributed by atoms with Crippen molar-refractivity contribution in [1.29, 1.82) is 0 Å². The number of amides is 1. The molecule has 1 amide bonds. The summed E-state index contributed by atoms with van der Waals surface area (Å²) in [4.78, 5) is 13.2. The SMILES string of the molecule is C=C(Br)CN1C(=O)CCCC1OC. The molecule has 0 aromatic rings. The van der Waals surface area contributed by atoms with E-state index in [2.05, 4.69) is 22.5 Å². The maximum absolute atomic E-state index is 11.5. The molecule has 1 saturated heterocycles. The van der Waals surface area contributed by atoms with Crippen LogP contribution >= 0.6 is 15.9 Å². The first-order valence-corrected chi connectivity index (χ1v) is 5.10. The molecule has 1 aliphatic heterocycles. The third-order valence-corrected chi connectivity index (χ3v) is 2.37. The molecule has 0 spiro atoms. The number of methoxy groups -OCH3 is 1. The van der Waals surface area contributed by atoms with Crippen molar-refractivity contribution in [3.8, 4) is 0 Å². The molecule has 0 saturated carbocycles. The second-order valence-electron chi connectivity index (χ2n) is 3.12. The van der Waals surface area contributed by atoms with E-state index in [1.165, 1.54) is 0 Å². The fourth-order valence-corrected chi connectivity index (χ4v) is 1.78. The molecule has 0 bridgehead atoms. The van der Waals surface area contributed by atoms with E-state index < -0.39 is 0 Å². The predicted octanol–water partition coefficient (Wildman–Crippen LogP) is 1.88. The Hall–Kier alpha value is -0.350. The number of carbonyl (C=O) groups excluding carboxylic acids is 1. The van der Waals surface area contributed by atoms with E-state index >= 15 is 0 Å². The molecule has 1 fully saturated rings. The predicted molar refractivity (Wildman–Crippen MR) is 54.4 cm³/mol. The summed E-state index contributed by atoms with van der Waals surface area (Å²) in [5.74, 6) is 0.152. The van der Waals surface area contributed by atoms with Gasteiger partial charge in [0.25, 0.3) is 0 Å². The van der Waals surface area contributed by atoms with Gasteiger partial charge in [0.2, 0.25) is 5.91 Å². The lowest BCUT2D eigenvalue weighted by molar-refractivity contribution is -0.148. The molecule has 1 aliphatic rings. The van der Waals surface area contributed by atoms with Crippen molar-refractivity contribution in [2.75, 3.05) is 13.7 Å². The van der Waals surface area contributed by atoms with Crippen LogP contribution in [0.1, 0.15) is 19.3 Å². The van der Waals surface area contributed by atoms with Crippen LogP contribution in [0.3, 0.4) is 0 Å². The third-order valence-electron chi connectivity index (χ3n) is 2.12. The Labute approximate surface area is 86.9 Å². The molecular formula is C9H14BrNO2. The number of nitrogens with zero attached hydrogens (tertiary/aromatic N) is 1. The zero-order chi connectivity index (χ0) is 9.84. The zero-order valence-corrected chi connectivity index (χ0v) is 9.34. The lowest BCUT2D eigenvalue weighted by Gasteiger charge is -2.34. The first kappa shape index (κ1) is 10.7. The van der Waals surface area contributed by atoms with E-state index in [0.717, 1.165) is 17.3 Å². The standard InChI is InChI=1S/C9H14BrNO2/c1-7(10)6-11-8(12)4-3-5-9(11)13-2/h9H,1,3-6H2,2H3. The van der Waals surface area contributed by atoms with Gasteiger partial charge in [-0.1, -0.05) is 22.5 Å². The largest absolute Gasteiger partial charge is 0.362 e. The number of piperidine rings is 1. The van der Waals surface area contributed by atoms with Gasteiger partial charge in [-0.05, 0) is 12.8 Å². The van der Waals surface area contributed by atoms with Crippen LogP contribution in [0.15, 0.2) is 11.1 Å². The molecule has 1 unspecified atom stereocenters. The topological polar surface area (TPSA) is 29.5 Å². The first-order chi connectivity index (χ1) is 6.15. The maximum atomic E-state index is 11.5. The van der Waals surface area contributed by atoms with Gasteiger partial charge in [-0.3, -0.25) is 4.79 Å². The number of ether oxygens (including phenoxy) is 1. The maximum Gasteiger partial charge on any atom is 0.224 e. The fourth-order valence-electron chi connectivity index (χ4n) is 1.51. The average molecular weight is 248 g/mol. The summed E-state index contributed by atoms with van der Waals surface area (Å²) in [6, 6.07) is 0. The second kappa shape index (κ2) is 4.77. The summed E-state index contributed by atoms with van der Waals surface area (Å²) in [5.41, 5.74) is 0. The summed E-state index contributed by atoms with van der Waals surface area (Å²) in [6.07, 6.45) is 2.39. The van der Waals surface area contributed by atoms with Crippen LogP contribution in [0.4, 0.5) is 0 Å². The summed E-state index contributed by atoms with van der Waals surface area (Å²) in [7, 11) is 1.63. The van der Waals surface area contributed by atoms with E-state index in [1.54, 1.807) is 12.0 Å². The second-order valence-corrected chi connectivity index (χ2v) is 4.24. The van der Waals surface area contributed by atoms with Crippen LogP contribution in [0.2, 0.25) is 0 Å². The van der Waals surface area contributed by atoms with Crippen molar-refractivity contribution in [1.82, 2.24) is 4.90 Å². The molecule has 74 valence electrons. The monoisotopic (exact) mass is 247 g/mol. The van der Waals surface area contributed by atoms with Crippen LogP contribution in [-0.4, -0.2) is 30.7 Å². The molecule has 0 aromatic carbocycles. The van der Waals surface area contributed by atoms with Crippen molar-refractivity contribution in [2.45, 2.75) is 25.5 Å². The highest BCUT2D eigenvalue weighted by molar-refractivity contribution is 9.11. The number of hydrogen-bond acceptors (Lipinski definition) is 2. The Morgan fingerprint density at radius 2 is 2.54 bits per heavy atom. The minimum Gasteiger partial charge on any atom is -0.362 e. The Balaban J connectivity index is 2.62. The summed E-state index contributed by atoms with van der Waals surface area (Å²) in [5, 5.41) is 0. The Kier molecular flexibility index (Phi) is 3.93. The zero-order valence-electron chi connectivity index (χ0n) is 7.75. The van der Waals surface area contributed by atoms with E-state index in [0.29, 0.717) is 13.0 Å². The van der Waals surface area contributed by atoms with Crippen LogP contribution in [0.5, 0.6) is 0 Å². The molecule has 0 N–H and O–H groups in total. The van der Waals surface area contributed by atoms with Crippen LogP contribution < -0.4 is 0 Å². The third kappa shape index (κ3) is 2.81. The highest BCUT2D eigenvalue weighted by atomic mass is 79.9. The number of rotatable bonds is 3. The van der Waals surface area contributed by atoms with E-state index in [-0.39, 0.29) is 12.1 Å². The molecule has 4 heteroatoms. The van der Waals surface area contributed by atoms with Gasteiger partial charge < -0.3 is 9.64 Å². The quantitative estimate of drug-likeness (QED) is 0.763. The molecule has 3 nitrogen and oxygen atoms in total. The summed E-state index contributed by atoms with van der Waals surface area (Å²) in [6.45, 7) is 4.26. The normalized spacial score (nSPS) is 23.4. The van der Waals surface area contributed by atoms with Crippen molar-refractivity contribution in [2.24, 2.45) is 0 Å². The van der Waals surface area contributed by atoms with Crippen LogP contribution in [0, 0.1) is 0 Å². The van der Waals surface area contributed by atoms with Gasteiger partial charge in [0.15, 0.2) is 0 Å². The van der Waals surface area contributed by atoms with Gasteiger partial charge in [0.1, 0.15) is 6.23 Å². The molecule has 0 radical (unpaired) electrons. The van der Waals surface area contributed by atoms with Gasteiger partial charge in [-0.25, -0.2) is 0 Å². The molecule has 0 aromatic heterocycles. The lowest BCUT2D eigenvalue weighted by atomic mass is 10.1. The van der Waals surface area contributed by atoms with Gasteiger partial charge >= 0.3 is 0 Å². The summed E-state index contributed by atoms with van der Waals surface area (Å²) < 4.78 is 6.03. The smallest absolute Gasteiger partial charge is 0.224 e. The molecule has 0 aliphatic carbocycles. The van der Waals surface area contributed by atoms with Gasteiger partial charge in [0, 0.05) is 18.0 Å². The van der Waals surface area contributed by atoms with Crippen LogP contribution in [-0.2, 0) is 9.53 Å². The number of likely N-dealkylation sites (tertiary alicyclic amines) is 1. The molecule has 1 rings (SSSR count). The van der Waals surface area contributed by atoms with Crippen molar-refractivity contribution in [3.05, 3.63) is 11.1 Å². The Bertz CT molecular complexity index is 218.